The number of carbonyl (C=O) groups excluding carboxylic acids is 1. The van der Waals surface area contributed by atoms with E-state index in [1.54, 1.807) is 0 Å². The van der Waals surface area contributed by atoms with Gasteiger partial charge >= 0.3 is 0 Å². The molecule has 1 aliphatic carbocycles. The molecule has 17 heavy (non-hydrogen) atoms. The van der Waals surface area contributed by atoms with Crippen LogP contribution in [0.25, 0.3) is 0 Å². The number of likely N-dealkylation sites (tertiary alicyclic amines) is 1. The van der Waals surface area contributed by atoms with Crippen molar-refractivity contribution in [3.63, 3.8) is 0 Å². The number of hydrogen-bond acceptors (Lipinski definition) is 2. The van der Waals surface area contributed by atoms with Crippen molar-refractivity contribution in [2.45, 2.75) is 57.9 Å². The number of rotatable bonds is 2. The van der Waals surface area contributed by atoms with Crippen LogP contribution in [0.5, 0.6) is 0 Å². The summed E-state index contributed by atoms with van der Waals surface area (Å²) in [5.74, 6) is 1.57. The van der Waals surface area contributed by atoms with E-state index >= 15 is 0 Å². The highest BCUT2D eigenvalue weighted by Crippen LogP contribution is 2.31. The summed E-state index contributed by atoms with van der Waals surface area (Å²) in [5, 5.41) is 0. The van der Waals surface area contributed by atoms with Crippen LogP contribution in [-0.4, -0.2) is 29.4 Å². The Kier molecular flexibility index (Phi) is 3.76. The van der Waals surface area contributed by atoms with Crippen molar-refractivity contribution in [3.05, 3.63) is 0 Å². The van der Waals surface area contributed by atoms with Crippen molar-refractivity contribution in [2.24, 2.45) is 17.6 Å². The molecule has 1 atom stereocenters. The fourth-order valence-electron chi connectivity index (χ4n) is 3.23. The van der Waals surface area contributed by atoms with Gasteiger partial charge in [-0.3, -0.25) is 4.79 Å². The third-order valence-electron chi connectivity index (χ3n) is 4.63. The molecule has 1 amide bonds. The zero-order valence-corrected chi connectivity index (χ0v) is 11.2. The lowest BCUT2D eigenvalue weighted by atomic mass is 9.81. The topological polar surface area (TPSA) is 46.3 Å². The molecular weight excluding hydrogens is 212 g/mol. The molecule has 0 spiro atoms. The highest BCUT2D eigenvalue weighted by Gasteiger charge is 2.40. The monoisotopic (exact) mass is 238 g/mol. The molecule has 2 fully saturated rings. The lowest BCUT2D eigenvalue weighted by Crippen LogP contribution is -2.55. The van der Waals surface area contributed by atoms with E-state index in [-0.39, 0.29) is 5.91 Å². The zero-order valence-electron chi connectivity index (χ0n) is 11.2. The molecule has 3 heteroatoms. The lowest BCUT2D eigenvalue weighted by Gasteiger charge is -2.35. The van der Waals surface area contributed by atoms with E-state index < -0.39 is 5.54 Å². The van der Waals surface area contributed by atoms with Crippen LogP contribution in [0, 0.1) is 11.8 Å². The summed E-state index contributed by atoms with van der Waals surface area (Å²) >= 11 is 0. The van der Waals surface area contributed by atoms with Crippen LogP contribution in [0.3, 0.4) is 0 Å². The molecule has 0 aromatic rings. The van der Waals surface area contributed by atoms with Crippen molar-refractivity contribution in [3.8, 4) is 0 Å². The summed E-state index contributed by atoms with van der Waals surface area (Å²) in [6.45, 7) is 6.34. The van der Waals surface area contributed by atoms with Crippen LogP contribution in [0.4, 0.5) is 0 Å². The molecule has 0 radical (unpaired) electrons. The summed E-state index contributed by atoms with van der Waals surface area (Å²) < 4.78 is 0. The van der Waals surface area contributed by atoms with Crippen LogP contribution in [-0.2, 0) is 4.79 Å². The molecular formula is C14H26N2O. The van der Waals surface area contributed by atoms with Crippen molar-refractivity contribution in [2.75, 3.05) is 13.1 Å². The molecule has 1 saturated heterocycles. The van der Waals surface area contributed by atoms with Gasteiger partial charge in [0.25, 0.3) is 0 Å². The number of amides is 1. The summed E-state index contributed by atoms with van der Waals surface area (Å²) in [7, 11) is 0. The Labute approximate surface area is 105 Å². The Bertz CT molecular complexity index is 282. The van der Waals surface area contributed by atoms with Crippen LogP contribution in [0.15, 0.2) is 0 Å². The Balaban J connectivity index is 1.96. The Morgan fingerprint density at radius 3 is 2.47 bits per heavy atom. The summed E-state index contributed by atoms with van der Waals surface area (Å²) in [6.07, 6.45) is 6.39. The molecule has 1 saturated carbocycles. The van der Waals surface area contributed by atoms with Gasteiger partial charge in [0.1, 0.15) is 0 Å². The summed E-state index contributed by atoms with van der Waals surface area (Å²) in [4.78, 5) is 14.5. The maximum absolute atomic E-state index is 12.5. The first kappa shape index (κ1) is 12.9. The van der Waals surface area contributed by atoms with E-state index in [4.69, 9.17) is 5.73 Å². The van der Waals surface area contributed by atoms with Gasteiger partial charge in [0.05, 0.1) is 5.54 Å². The molecule has 2 aliphatic rings. The average Bonchev–Trinajstić information content (AvgIpc) is 2.78. The minimum absolute atomic E-state index is 0.223. The van der Waals surface area contributed by atoms with E-state index in [1.807, 2.05) is 4.90 Å². The fraction of sp³-hybridized carbons (Fsp3) is 0.929. The van der Waals surface area contributed by atoms with Crippen molar-refractivity contribution >= 4 is 5.91 Å². The molecule has 2 N–H and O–H groups in total. The largest absolute Gasteiger partial charge is 0.341 e. The van der Waals surface area contributed by atoms with Gasteiger partial charge in [-0.15, -0.1) is 0 Å². The molecule has 1 unspecified atom stereocenters. The van der Waals surface area contributed by atoms with Crippen LogP contribution < -0.4 is 5.73 Å². The molecule has 0 aromatic heterocycles. The normalized spacial score (nSPS) is 28.7. The predicted octanol–water partition coefficient (Wildman–Crippen LogP) is 2.15. The van der Waals surface area contributed by atoms with E-state index in [1.165, 1.54) is 6.42 Å². The standard InChI is InChI=1S/C14H26N2O/c1-11(2)12-6-9-16(10-12)13(17)14(15)7-4-3-5-8-14/h11-12H,3-10,15H2,1-2H3. The highest BCUT2D eigenvalue weighted by molar-refractivity contribution is 5.86. The minimum atomic E-state index is -0.538. The maximum atomic E-state index is 12.5. The SMILES string of the molecule is CC(C)C1CCN(C(=O)C2(N)CCCCC2)C1. The Hall–Kier alpha value is -0.570. The van der Waals surface area contributed by atoms with E-state index in [9.17, 15) is 4.79 Å². The molecule has 2 rings (SSSR count). The zero-order chi connectivity index (χ0) is 12.5. The first-order valence-corrected chi connectivity index (χ1v) is 7.11. The minimum Gasteiger partial charge on any atom is -0.341 e. The first-order chi connectivity index (χ1) is 8.03. The van der Waals surface area contributed by atoms with Gasteiger partial charge in [-0.2, -0.15) is 0 Å². The number of nitrogens with zero attached hydrogens (tertiary/aromatic N) is 1. The average molecular weight is 238 g/mol. The summed E-state index contributed by atoms with van der Waals surface area (Å²) in [6, 6.07) is 0. The maximum Gasteiger partial charge on any atom is 0.242 e. The van der Waals surface area contributed by atoms with E-state index in [2.05, 4.69) is 13.8 Å². The molecule has 98 valence electrons. The molecule has 0 bridgehead atoms. The Morgan fingerprint density at radius 1 is 1.29 bits per heavy atom. The number of nitrogens with two attached hydrogens (primary N) is 1. The van der Waals surface area contributed by atoms with Crippen molar-refractivity contribution < 1.29 is 4.79 Å². The van der Waals surface area contributed by atoms with E-state index in [0.29, 0.717) is 11.8 Å². The van der Waals surface area contributed by atoms with Gasteiger partial charge < -0.3 is 10.6 Å². The number of hydrogen-bond donors (Lipinski definition) is 1. The van der Waals surface area contributed by atoms with E-state index in [0.717, 1.165) is 45.2 Å². The third kappa shape index (κ3) is 2.65. The van der Waals surface area contributed by atoms with Gasteiger partial charge in [0, 0.05) is 13.1 Å². The van der Waals surface area contributed by atoms with Crippen molar-refractivity contribution in [1.29, 1.82) is 0 Å². The highest BCUT2D eigenvalue weighted by atomic mass is 16.2. The van der Waals surface area contributed by atoms with Gasteiger partial charge in [-0.1, -0.05) is 33.1 Å². The van der Waals surface area contributed by atoms with Crippen LogP contribution >= 0.6 is 0 Å². The van der Waals surface area contributed by atoms with Crippen molar-refractivity contribution in [1.82, 2.24) is 4.90 Å². The summed E-state index contributed by atoms with van der Waals surface area (Å²) in [5.41, 5.74) is 5.78. The third-order valence-corrected chi connectivity index (χ3v) is 4.63. The van der Waals surface area contributed by atoms with Gasteiger partial charge in [0.15, 0.2) is 0 Å². The van der Waals surface area contributed by atoms with Gasteiger partial charge in [-0.05, 0) is 31.1 Å². The van der Waals surface area contributed by atoms with Crippen LogP contribution in [0.1, 0.15) is 52.4 Å². The molecule has 1 heterocycles. The van der Waals surface area contributed by atoms with Gasteiger partial charge in [0.2, 0.25) is 5.91 Å². The second-order valence-corrected chi connectivity index (χ2v) is 6.26. The second kappa shape index (κ2) is 4.97. The molecule has 1 aliphatic heterocycles. The lowest BCUT2D eigenvalue weighted by molar-refractivity contribution is -0.137. The first-order valence-electron chi connectivity index (χ1n) is 7.11. The molecule has 3 nitrogen and oxygen atoms in total. The second-order valence-electron chi connectivity index (χ2n) is 6.26. The molecule has 0 aromatic carbocycles. The quantitative estimate of drug-likeness (QED) is 0.801. The van der Waals surface area contributed by atoms with Gasteiger partial charge in [-0.25, -0.2) is 0 Å². The predicted molar refractivity (Wildman–Crippen MR) is 69.5 cm³/mol. The Morgan fingerprint density at radius 2 is 1.94 bits per heavy atom. The van der Waals surface area contributed by atoms with Crippen LogP contribution in [0.2, 0.25) is 0 Å². The smallest absolute Gasteiger partial charge is 0.242 e. The number of carbonyl (C=O) groups is 1. The fourth-order valence-corrected chi connectivity index (χ4v) is 3.23.